The number of methoxy groups -OCH3 is 1. The zero-order chi connectivity index (χ0) is 19.3. The van der Waals surface area contributed by atoms with Gasteiger partial charge in [0.2, 0.25) is 5.78 Å². The summed E-state index contributed by atoms with van der Waals surface area (Å²) in [5.74, 6) is 0.638. The zero-order valence-electron chi connectivity index (χ0n) is 15.2. The van der Waals surface area contributed by atoms with E-state index in [2.05, 4.69) is 0 Å². The Kier molecular flexibility index (Phi) is 3.96. The second kappa shape index (κ2) is 6.40. The summed E-state index contributed by atoms with van der Waals surface area (Å²) in [6, 6.07) is 24.2. The average molecular weight is 390 g/mol. The molecule has 5 rings (SSSR count). The van der Waals surface area contributed by atoms with E-state index in [0.717, 1.165) is 16.9 Å². The third kappa shape index (κ3) is 2.40. The standard InChI is InChI=1S/C23H18O4S/c1-26-17-13-11-15(12-14-17)21-23(27-21)20(24)18-9-5-6-10-19(18)28(25)22(23)16-7-3-2-4-8-16/h2-14,21-22H,1H3/t21-,22-,23-,28?/m0/s1. The van der Waals surface area contributed by atoms with Crippen LogP contribution >= 0.6 is 0 Å². The van der Waals surface area contributed by atoms with E-state index < -0.39 is 27.8 Å². The number of fused-ring (bicyclic) bond motifs is 1. The Morgan fingerprint density at radius 3 is 2.29 bits per heavy atom. The highest BCUT2D eigenvalue weighted by molar-refractivity contribution is 7.85. The van der Waals surface area contributed by atoms with Crippen molar-refractivity contribution in [3.63, 3.8) is 0 Å². The summed E-state index contributed by atoms with van der Waals surface area (Å²) >= 11 is 0. The Hall–Kier alpha value is -2.76. The van der Waals surface area contributed by atoms with Gasteiger partial charge in [-0.2, -0.15) is 0 Å². The predicted octanol–water partition coefficient (Wildman–Crippen LogP) is 4.25. The maximum absolute atomic E-state index is 13.6. The fourth-order valence-corrected chi connectivity index (χ4v) is 5.92. The summed E-state index contributed by atoms with van der Waals surface area (Å²) in [6.07, 6.45) is -0.437. The maximum Gasteiger partial charge on any atom is 0.200 e. The van der Waals surface area contributed by atoms with Crippen molar-refractivity contribution in [1.29, 1.82) is 0 Å². The molecule has 3 aromatic carbocycles. The highest BCUT2D eigenvalue weighted by atomic mass is 32.2. The van der Waals surface area contributed by atoms with Gasteiger partial charge in [-0.1, -0.05) is 60.7 Å². The Bertz CT molecular complexity index is 1080. The predicted molar refractivity (Wildman–Crippen MR) is 106 cm³/mol. The van der Waals surface area contributed by atoms with Gasteiger partial charge in [0.25, 0.3) is 0 Å². The van der Waals surface area contributed by atoms with Crippen molar-refractivity contribution < 1.29 is 18.5 Å². The van der Waals surface area contributed by atoms with E-state index in [1.165, 1.54) is 0 Å². The van der Waals surface area contributed by atoms with Gasteiger partial charge < -0.3 is 9.47 Å². The topological polar surface area (TPSA) is 55.9 Å². The van der Waals surface area contributed by atoms with Crippen molar-refractivity contribution in [2.24, 2.45) is 0 Å². The Balaban J connectivity index is 1.66. The molecule has 1 saturated heterocycles. The van der Waals surface area contributed by atoms with E-state index in [4.69, 9.17) is 9.47 Å². The number of ether oxygens (including phenoxy) is 2. The van der Waals surface area contributed by atoms with E-state index in [1.54, 1.807) is 25.3 Å². The van der Waals surface area contributed by atoms with Crippen molar-refractivity contribution in [2.75, 3.05) is 7.11 Å². The number of epoxide rings is 1. The fraction of sp³-hybridized carbons (Fsp3) is 0.174. The van der Waals surface area contributed by atoms with Gasteiger partial charge >= 0.3 is 0 Å². The summed E-state index contributed by atoms with van der Waals surface area (Å²) < 4.78 is 24.9. The van der Waals surface area contributed by atoms with Crippen LogP contribution in [0.4, 0.5) is 0 Å². The fourth-order valence-electron chi connectivity index (χ4n) is 4.07. The first kappa shape index (κ1) is 17.3. The molecule has 1 fully saturated rings. The Labute approximate surface area is 165 Å². The van der Waals surface area contributed by atoms with Gasteiger partial charge in [-0.25, -0.2) is 0 Å². The zero-order valence-corrected chi connectivity index (χ0v) is 16.0. The number of hydrogen-bond acceptors (Lipinski definition) is 4. The monoisotopic (exact) mass is 390 g/mol. The van der Waals surface area contributed by atoms with Gasteiger partial charge in [0.1, 0.15) is 17.1 Å². The largest absolute Gasteiger partial charge is 0.497 e. The molecule has 5 heteroatoms. The molecule has 2 aliphatic heterocycles. The van der Waals surface area contributed by atoms with Crippen LogP contribution in [0.2, 0.25) is 0 Å². The first-order valence-electron chi connectivity index (χ1n) is 9.08. The molecule has 0 radical (unpaired) electrons. The molecule has 0 aliphatic carbocycles. The van der Waals surface area contributed by atoms with Crippen LogP contribution in [-0.4, -0.2) is 22.7 Å². The molecule has 140 valence electrons. The van der Waals surface area contributed by atoms with Gasteiger partial charge in [0.05, 0.1) is 22.8 Å². The van der Waals surface area contributed by atoms with Gasteiger partial charge in [-0.05, 0) is 29.3 Å². The molecule has 0 amide bonds. The highest BCUT2D eigenvalue weighted by Crippen LogP contribution is 2.63. The van der Waals surface area contributed by atoms with Crippen LogP contribution in [0.5, 0.6) is 5.75 Å². The third-order valence-electron chi connectivity index (χ3n) is 5.47. The van der Waals surface area contributed by atoms with Crippen molar-refractivity contribution >= 4 is 16.6 Å². The van der Waals surface area contributed by atoms with Gasteiger partial charge in [-0.15, -0.1) is 0 Å². The Morgan fingerprint density at radius 2 is 1.57 bits per heavy atom. The molecule has 2 aliphatic rings. The molecule has 0 bridgehead atoms. The van der Waals surface area contributed by atoms with Crippen LogP contribution in [-0.2, 0) is 15.5 Å². The second-order valence-corrected chi connectivity index (χ2v) is 8.48. The molecule has 0 N–H and O–H groups in total. The highest BCUT2D eigenvalue weighted by Gasteiger charge is 2.71. The molecule has 28 heavy (non-hydrogen) atoms. The number of benzene rings is 3. The van der Waals surface area contributed by atoms with Crippen LogP contribution < -0.4 is 4.74 Å². The number of rotatable bonds is 3. The Morgan fingerprint density at radius 1 is 0.893 bits per heavy atom. The van der Waals surface area contributed by atoms with Crippen LogP contribution in [0.3, 0.4) is 0 Å². The molecule has 1 unspecified atom stereocenters. The number of carbonyl (C=O) groups excluding carboxylic acids is 1. The number of hydrogen-bond donors (Lipinski definition) is 0. The summed E-state index contributed by atoms with van der Waals surface area (Å²) in [5, 5.41) is -0.553. The molecule has 3 aromatic rings. The first-order chi connectivity index (χ1) is 13.7. The lowest BCUT2D eigenvalue weighted by Gasteiger charge is -2.30. The minimum atomic E-state index is -1.40. The van der Waals surface area contributed by atoms with Gasteiger partial charge in [-0.3, -0.25) is 9.00 Å². The normalized spacial score (nSPS) is 28.0. The van der Waals surface area contributed by atoms with E-state index in [-0.39, 0.29) is 5.78 Å². The molecule has 1 spiro atoms. The summed E-state index contributed by atoms with van der Waals surface area (Å²) in [4.78, 5) is 14.1. The van der Waals surface area contributed by atoms with E-state index >= 15 is 0 Å². The number of ketones is 1. The summed E-state index contributed by atoms with van der Waals surface area (Å²) in [7, 11) is 0.209. The van der Waals surface area contributed by atoms with Crippen molar-refractivity contribution in [2.45, 2.75) is 21.9 Å². The minimum Gasteiger partial charge on any atom is -0.497 e. The molecule has 4 nitrogen and oxygen atoms in total. The van der Waals surface area contributed by atoms with E-state index in [9.17, 15) is 9.00 Å². The molecule has 4 atom stereocenters. The minimum absolute atomic E-state index is 0.0997. The van der Waals surface area contributed by atoms with Crippen LogP contribution in [0.1, 0.15) is 32.8 Å². The van der Waals surface area contributed by atoms with E-state index in [1.807, 2.05) is 60.7 Å². The lowest BCUT2D eigenvalue weighted by Crippen LogP contribution is -2.40. The summed E-state index contributed by atoms with van der Waals surface area (Å²) in [6.45, 7) is 0. The third-order valence-corrected chi connectivity index (χ3v) is 7.31. The summed E-state index contributed by atoms with van der Waals surface area (Å²) in [5.41, 5.74) is 1.07. The van der Waals surface area contributed by atoms with Gasteiger partial charge in [0.15, 0.2) is 5.60 Å². The molecule has 0 saturated carbocycles. The first-order valence-corrected chi connectivity index (χ1v) is 10.3. The average Bonchev–Trinajstić information content (AvgIpc) is 3.49. The van der Waals surface area contributed by atoms with E-state index in [0.29, 0.717) is 10.5 Å². The van der Waals surface area contributed by atoms with Gasteiger partial charge in [0, 0.05) is 5.56 Å². The van der Waals surface area contributed by atoms with Crippen LogP contribution in [0, 0.1) is 0 Å². The second-order valence-electron chi connectivity index (χ2n) is 6.98. The quantitative estimate of drug-likeness (QED) is 0.628. The van der Waals surface area contributed by atoms with Crippen molar-refractivity contribution in [3.8, 4) is 5.75 Å². The van der Waals surface area contributed by atoms with Crippen molar-refractivity contribution in [1.82, 2.24) is 0 Å². The number of Topliss-reactive ketones (excluding diaryl/α,β-unsaturated/α-hetero) is 1. The molecule has 0 aromatic heterocycles. The van der Waals surface area contributed by atoms with Crippen LogP contribution in [0.15, 0.2) is 83.8 Å². The van der Waals surface area contributed by atoms with Crippen LogP contribution in [0.25, 0.3) is 0 Å². The SMILES string of the molecule is COc1ccc([C@@H]2O[C@@]23C(=O)c2ccccc2S(=O)[C@H]3c2ccccc2)cc1. The lowest BCUT2D eigenvalue weighted by molar-refractivity contribution is 0.0859. The lowest BCUT2D eigenvalue weighted by atomic mass is 9.85. The molecular weight excluding hydrogens is 372 g/mol. The van der Waals surface area contributed by atoms with Crippen molar-refractivity contribution in [3.05, 3.63) is 95.6 Å². The molecular formula is C23H18O4S. The maximum atomic E-state index is 13.6. The molecule has 2 heterocycles. The smallest absolute Gasteiger partial charge is 0.200 e. The number of carbonyl (C=O) groups is 1.